The standard InChI is InChI=1S/C16H12N4O2S/c17-11-3-10(5-18-6-11)16-20-13(8-23-16)9-1-2-14-12(4-9)19-15(21)7-22-14/h1-6,8H,7,17H2,(H,19,21). The van der Waals surface area contributed by atoms with Crippen LogP contribution in [-0.4, -0.2) is 22.5 Å². The van der Waals surface area contributed by atoms with Gasteiger partial charge in [0.05, 0.1) is 17.1 Å². The van der Waals surface area contributed by atoms with Crippen LogP contribution >= 0.6 is 11.3 Å². The molecular formula is C16H12N4O2S. The fourth-order valence-corrected chi connectivity index (χ4v) is 3.17. The second kappa shape index (κ2) is 5.36. The minimum Gasteiger partial charge on any atom is -0.482 e. The third kappa shape index (κ3) is 2.62. The number of nitrogen functional groups attached to an aromatic ring is 1. The third-order valence-electron chi connectivity index (χ3n) is 3.42. The van der Waals surface area contributed by atoms with E-state index in [0.29, 0.717) is 17.1 Å². The van der Waals surface area contributed by atoms with Gasteiger partial charge in [0, 0.05) is 28.9 Å². The number of hydrogen-bond donors (Lipinski definition) is 2. The highest BCUT2D eigenvalue weighted by atomic mass is 32.1. The summed E-state index contributed by atoms with van der Waals surface area (Å²) in [6.45, 7) is 0.0512. The zero-order valence-corrected chi connectivity index (χ0v) is 12.8. The minimum absolute atomic E-state index is 0.0512. The van der Waals surface area contributed by atoms with Gasteiger partial charge in [-0.25, -0.2) is 4.98 Å². The molecule has 1 amide bonds. The SMILES string of the molecule is Nc1cncc(-c2nc(-c3ccc4c(c3)NC(=O)CO4)cs2)c1. The van der Waals surface area contributed by atoms with Crippen molar-refractivity contribution in [3.05, 3.63) is 42.0 Å². The Morgan fingerprint density at radius 1 is 1.22 bits per heavy atom. The number of nitrogens with one attached hydrogen (secondary N) is 1. The molecule has 0 bridgehead atoms. The molecule has 7 heteroatoms. The summed E-state index contributed by atoms with van der Waals surface area (Å²) in [6.07, 6.45) is 3.34. The number of hydrogen-bond acceptors (Lipinski definition) is 6. The van der Waals surface area contributed by atoms with Crippen molar-refractivity contribution in [3.63, 3.8) is 0 Å². The molecular weight excluding hydrogens is 312 g/mol. The third-order valence-corrected chi connectivity index (χ3v) is 4.31. The van der Waals surface area contributed by atoms with Crippen LogP contribution in [-0.2, 0) is 4.79 Å². The molecule has 0 aliphatic carbocycles. The van der Waals surface area contributed by atoms with Gasteiger partial charge in [-0.3, -0.25) is 9.78 Å². The van der Waals surface area contributed by atoms with Gasteiger partial charge in [-0.15, -0.1) is 11.3 Å². The molecule has 3 N–H and O–H groups in total. The van der Waals surface area contributed by atoms with Crippen LogP contribution in [0.15, 0.2) is 42.0 Å². The largest absolute Gasteiger partial charge is 0.482 e. The van der Waals surface area contributed by atoms with Gasteiger partial charge in [0.1, 0.15) is 10.8 Å². The number of fused-ring (bicyclic) bond motifs is 1. The van der Waals surface area contributed by atoms with Crippen LogP contribution < -0.4 is 15.8 Å². The van der Waals surface area contributed by atoms with E-state index in [1.165, 1.54) is 11.3 Å². The second-order valence-electron chi connectivity index (χ2n) is 5.09. The Kier molecular flexibility index (Phi) is 3.20. The molecule has 0 saturated carbocycles. The summed E-state index contributed by atoms with van der Waals surface area (Å²) in [6, 6.07) is 7.47. The van der Waals surface area contributed by atoms with Crippen LogP contribution in [0.3, 0.4) is 0 Å². The topological polar surface area (TPSA) is 90.1 Å². The summed E-state index contributed by atoms with van der Waals surface area (Å²) in [5, 5.41) is 5.61. The smallest absolute Gasteiger partial charge is 0.262 e. The number of amides is 1. The summed E-state index contributed by atoms with van der Waals surface area (Å²) in [5.41, 5.74) is 9.66. The molecule has 3 aromatic rings. The highest BCUT2D eigenvalue weighted by Gasteiger charge is 2.17. The Bertz CT molecular complexity index is 907. The molecule has 0 fully saturated rings. The molecule has 1 aliphatic heterocycles. The summed E-state index contributed by atoms with van der Waals surface area (Å²) in [7, 11) is 0. The predicted octanol–water partition coefficient (Wildman–Crippen LogP) is 2.79. The van der Waals surface area contributed by atoms with Gasteiger partial charge in [-0.1, -0.05) is 0 Å². The van der Waals surface area contributed by atoms with Crippen LogP contribution in [0.1, 0.15) is 0 Å². The number of aromatic nitrogens is 2. The van der Waals surface area contributed by atoms with Crippen LogP contribution in [0.2, 0.25) is 0 Å². The van der Waals surface area contributed by atoms with Gasteiger partial charge in [0.15, 0.2) is 6.61 Å². The Morgan fingerprint density at radius 2 is 2.13 bits per heavy atom. The maximum absolute atomic E-state index is 11.4. The molecule has 23 heavy (non-hydrogen) atoms. The minimum atomic E-state index is -0.153. The maximum atomic E-state index is 11.4. The van der Waals surface area contributed by atoms with Gasteiger partial charge < -0.3 is 15.8 Å². The number of ether oxygens (including phenoxy) is 1. The normalized spacial score (nSPS) is 13.1. The summed E-state index contributed by atoms with van der Waals surface area (Å²) < 4.78 is 5.36. The summed E-state index contributed by atoms with van der Waals surface area (Å²) >= 11 is 1.52. The molecule has 1 aliphatic rings. The molecule has 6 nitrogen and oxygen atoms in total. The molecule has 114 valence electrons. The molecule has 0 spiro atoms. The first-order valence-electron chi connectivity index (χ1n) is 6.92. The average molecular weight is 324 g/mol. The van der Waals surface area contributed by atoms with Crippen molar-refractivity contribution in [1.82, 2.24) is 9.97 Å². The lowest BCUT2D eigenvalue weighted by molar-refractivity contribution is -0.118. The number of thiazole rings is 1. The lowest BCUT2D eigenvalue weighted by Crippen LogP contribution is -2.25. The first-order chi connectivity index (χ1) is 11.2. The van der Waals surface area contributed by atoms with E-state index in [0.717, 1.165) is 21.8 Å². The van der Waals surface area contributed by atoms with Gasteiger partial charge in [-0.2, -0.15) is 0 Å². The van der Waals surface area contributed by atoms with E-state index in [1.54, 1.807) is 12.4 Å². The first kappa shape index (κ1) is 13.7. The highest BCUT2D eigenvalue weighted by Crippen LogP contribution is 2.34. The Morgan fingerprint density at radius 3 is 3.00 bits per heavy atom. The second-order valence-corrected chi connectivity index (χ2v) is 5.95. The average Bonchev–Trinajstić information content (AvgIpc) is 3.04. The molecule has 0 atom stereocenters. The number of anilines is 2. The Balaban J connectivity index is 1.69. The van der Waals surface area contributed by atoms with E-state index in [1.807, 2.05) is 29.6 Å². The number of benzene rings is 1. The van der Waals surface area contributed by atoms with Gasteiger partial charge in [-0.05, 0) is 24.3 Å². The van der Waals surface area contributed by atoms with Crippen molar-refractivity contribution in [1.29, 1.82) is 0 Å². The number of carbonyl (C=O) groups excluding carboxylic acids is 1. The van der Waals surface area contributed by atoms with Crippen molar-refractivity contribution >= 4 is 28.6 Å². The lowest BCUT2D eigenvalue weighted by atomic mass is 10.1. The molecule has 3 heterocycles. The zero-order chi connectivity index (χ0) is 15.8. The van der Waals surface area contributed by atoms with E-state index < -0.39 is 0 Å². The van der Waals surface area contributed by atoms with Gasteiger partial charge >= 0.3 is 0 Å². The van der Waals surface area contributed by atoms with E-state index in [9.17, 15) is 4.79 Å². The van der Waals surface area contributed by atoms with E-state index >= 15 is 0 Å². The monoisotopic (exact) mass is 324 g/mol. The first-order valence-corrected chi connectivity index (χ1v) is 7.80. The highest BCUT2D eigenvalue weighted by molar-refractivity contribution is 7.13. The van der Waals surface area contributed by atoms with E-state index in [-0.39, 0.29) is 12.5 Å². The van der Waals surface area contributed by atoms with Crippen LogP contribution in [0.25, 0.3) is 21.8 Å². The quantitative estimate of drug-likeness (QED) is 0.756. The lowest BCUT2D eigenvalue weighted by Gasteiger charge is -2.18. The van der Waals surface area contributed by atoms with Crippen molar-refractivity contribution in [3.8, 4) is 27.6 Å². The molecule has 1 aromatic carbocycles. The van der Waals surface area contributed by atoms with Crippen LogP contribution in [0.5, 0.6) is 5.75 Å². The molecule has 0 saturated heterocycles. The van der Waals surface area contributed by atoms with Crippen molar-refractivity contribution in [2.24, 2.45) is 0 Å². The van der Waals surface area contributed by atoms with Crippen molar-refractivity contribution in [2.75, 3.05) is 17.7 Å². The number of pyridine rings is 1. The Labute approximate surface area is 136 Å². The van der Waals surface area contributed by atoms with Crippen LogP contribution in [0.4, 0.5) is 11.4 Å². The molecule has 4 rings (SSSR count). The number of carbonyl (C=O) groups is 1. The summed E-state index contributed by atoms with van der Waals surface area (Å²) in [4.78, 5) is 20.1. The fourth-order valence-electron chi connectivity index (χ4n) is 2.36. The number of nitrogens with two attached hydrogens (primary N) is 1. The molecule has 2 aromatic heterocycles. The zero-order valence-electron chi connectivity index (χ0n) is 11.9. The molecule has 0 radical (unpaired) electrons. The van der Waals surface area contributed by atoms with Gasteiger partial charge in [0.2, 0.25) is 0 Å². The van der Waals surface area contributed by atoms with Crippen molar-refractivity contribution < 1.29 is 9.53 Å². The Hall–Kier alpha value is -2.93. The fraction of sp³-hybridized carbons (Fsp3) is 0.0625. The number of rotatable bonds is 2. The van der Waals surface area contributed by atoms with E-state index in [2.05, 4.69) is 15.3 Å². The summed E-state index contributed by atoms with van der Waals surface area (Å²) in [5.74, 6) is 0.517. The molecule has 0 unspecified atom stereocenters. The predicted molar refractivity (Wildman–Crippen MR) is 89.3 cm³/mol. The van der Waals surface area contributed by atoms with Gasteiger partial charge in [0.25, 0.3) is 5.91 Å². The maximum Gasteiger partial charge on any atom is 0.262 e. The van der Waals surface area contributed by atoms with Crippen LogP contribution in [0, 0.1) is 0 Å². The number of nitrogens with zero attached hydrogens (tertiary/aromatic N) is 2. The van der Waals surface area contributed by atoms with Crippen molar-refractivity contribution in [2.45, 2.75) is 0 Å². The van der Waals surface area contributed by atoms with E-state index in [4.69, 9.17) is 10.5 Å².